The lowest BCUT2D eigenvalue weighted by Gasteiger charge is -2.33. The lowest BCUT2D eigenvalue weighted by Crippen LogP contribution is -2.42. The molecule has 1 aromatic carbocycles. The standard InChI is InChI=1S/C22H25ClN4O.C14H19N3O6.C12H15N3O3.C11H15N3O2.C8H16O2.C7H5ClN2O4.C4H9NO2.CH4.ClH/c1-15(2)27-14-21(28)25-20-11-16(12-24-22(20)27)13-26-9-7-18(8-10-26)17-3-5-19(23)6-4-17;1-5-23-12(18)8-16(9(2)3)13-11(17(20)21)6-10(7-15-13)14(19)22-4;1-7(2)15-6-10(16)14-9-4-8(12(17)18-3)5-13-11(9)15;1-7(2)14-5-10(16)13-9-3-8(6-15)4-12-11(9)14;1-4-10-8(9)6-5-7(2)3;1-14-7(11)4-2-5(10(12)13)6(8)9-3-4;1-2-7-4(6)3-5;;/h3-7,11-12,15H,8-10,13-14H2,1-2H3,(H,25,28);6-7,9H,5,8H2,1-4H3;4-5,7H,6H2,1-3H3,(H,14,16);3-4,7,15H,5-6H2,1-2H3,(H,13,16);7H,4-6H2,1-3H3;2-3H,1H3;2-3,5H2,1H3;1H4;1H. The van der Waals surface area contributed by atoms with Crippen molar-refractivity contribution >= 4 is 146 Å². The molecule has 4 aliphatic heterocycles. The van der Waals surface area contributed by atoms with E-state index in [0.717, 1.165) is 78.7 Å². The van der Waals surface area contributed by atoms with Crippen LogP contribution in [0.2, 0.25) is 10.2 Å². The quantitative estimate of drug-likeness (QED) is 0.0131. The monoisotopic (exact) mass is 1710 g/mol. The number of aromatic nitrogens is 5. The molecule has 36 nitrogen and oxygen atoms in total. The van der Waals surface area contributed by atoms with Crippen molar-refractivity contribution in [2.24, 2.45) is 11.7 Å². The minimum atomic E-state index is -0.728. The fourth-order valence-electron chi connectivity index (χ4n) is 10.9. The van der Waals surface area contributed by atoms with Crippen LogP contribution in [0.3, 0.4) is 0 Å². The van der Waals surface area contributed by atoms with E-state index < -0.39 is 39.4 Å². The fraction of sp³-hybridized carbons (Fsp3) is 0.468. The summed E-state index contributed by atoms with van der Waals surface area (Å²) in [7, 11) is 3.65. The Balaban J connectivity index is 0.000000482. The summed E-state index contributed by atoms with van der Waals surface area (Å²) in [5.41, 5.74) is 10.8. The number of pyridine rings is 5. The number of aliphatic hydroxyl groups excluding tert-OH is 1. The third-order valence-corrected chi connectivity index (χ3v) is 17.3. The second kappa shape index (κ2) is 51.7. The molecule has 10 rings (SSSR count). The average Bonchev–Trinajstić information content (AvgIpc) is 0.791. The third kappa shape index (κ3) is 32.6. The summed E-state index contributed by atoms with van der Waals surface area (Å²) >= 11 is 11.4. The molecule has 9 heterocycles. The largest absolute Gasteiger partial charge is 0.466 e. The number of ether oxygens (including phenoxy) is 6. The predicted octanol–water partition coefficient (Wildman–Crippen LogP) is 11.5. The van der Waals surface area contributed by atoms with Gasteiger partial charge in [-0.2, -0.15) is 0 Å². The van der Waals surface area contributed by atoms with E-state index in [1.165, 1.54) is 49.8 Å². The molecule has 0 aliphatic carbocycles. The maximum absolute atomic E-state index is 12.0. The first-order valence-electron chi connectivity index (χ1n) is 37.1. The van der Waals surface area contributed by atoms with Crippen molar-refractivity contribution in [2.45, 2.75) is 154 Å². The van der Waals surface area contributed by atoms with Crippen LogP contribution in [-0.2, 0) is 70.3 Å². The normalized spacial score (nSPS) is 12.8. The van der Waals surface area contributed by atoms with Crippen molar-refractivity contribution in [3.05, 3.63) is 155 Å². The number of amides is 3. The van der Waals surface area contributed by atoms with E-state index in [2.05, 4.69) is 117 Å². The van der Waals surface area contributed by atoms with Gasteiger partial charge in [-0.1, -0.05) is 62.7 Å². The zero-order valence-corrected chi connectivity index (χ0v) is 70.8. The Morgan fingerprint density at radius 2 is 1.00 bits per heavy atom. The summed E-state index contributed by atoms with van der Waals surface area (Å²) in [5.74, 6) is -0.0759. The summed E-state index contributed by atoms with van der Waals surface area (Å²) in [4.78, 5) is 152. The molecule has 0 unspecified atom stereocenters. The van der Waals surface area contributed by atoms with Crippen LogP contribution in [0.1, 0.15) is 164 Å². The molecule has 5 aromatic heterocycles. The predicted molar refractivity (Wildman–Crippen MR) is 452 cm³/mol. The van der Waals surface area contributed by atoms with Crippen molar-refractivity contribution in [3.63, 3.8) is 0 Å². The van der Waals surface area contributed by atoms with Gasteiger partial charge >= 0.3 is 47.2 Å². The Morgan fingerprint density at radius 1 is 0.585 bits per heavy atom. The Morgan fingerprint density at radius 3 is 1.41 bits per heavy atom. The number of methoxy groups -OCH3 is 3. The molecular formula is C79H109Cl3N16O20. The highest BCUT2D eigenvalue weighted by atomic mass is 35.5. The van der Waals surface area contributed by atoms with Crippen LogP contribution >= 0.6 is 35.6 Å². The molecule has 0 bridgehead atoms. The molecule has 0 spiro atoms. The van der Waals surface area contributed by atoms with Gasteiger partial charge < -0.3 is 74.8 Å². The Kier molecular flexibility index (Phi) is 45.0. The van der Waals surface area contributed by atoms with E-state index in [1.807, 2.05) is 67.6 Å². The number of rotatable bonds is 23. The first kappa shape index (κ1) is 103. The minimum Gasteiger partial charge on any atom is -0.466 e. The lowest BCUT2D eigenvalue weighted by atomic mass is 9.99. The number of esters is 6. The number of aliphatic hydroxyl groups is 1. The first-order chi connectivity index (χ1) is 55.0. The lowest BCUT2D eigenvalue weighted by molar-refractivity contribution is -0.385. The number of nitrogens with zero attached hydrogens (tertiary/aromatic N) is 12. The van der Waals surface area contributed by atoms with Crippen molar-refractivity contribution in [3.8, 4) is 0 Å². The van der Waals surface area contributed by atoms with Crippen LogP contribution in [0.25, 0.3) is 5.57 Å². The van der Waals surface area contributed by atoms with Crippen LogP contribution < -0.4 is 41.3 Å². The van der Waals surface area contributed by atoms with Crippen LogP contribution in [0, 0.1) is 26.1 Å². The first-order valence-corrected chi connectivity index (χ1v) is 37.8. The van der Waals surface area contributed by atoms with E-state index in [0.29, 0.717) is 67.0 Å². The Hall–Kier alpha value is -11.3. The molecule has 3 amide bonds. The van der Waals surface area contributed by atoms with Crippen LogP contribution in [-0.4, -0.2) is 209 Å². The average molecular weight is 1710 g/mol. The van der Waals surface area contributed by atoms with E-state index in [4.69, 9.17) is 43.5 Å². The minimum absolute atomic E-state index is 0. The number of nitro groups is 2. The van der Waals surface area contributed by atoms with Gasteiger partial charge in [0.1, 0.15) is 6.54 Å². The van der Waals surface area contributed by atoms with Crippen molar-refractivity contribution in [1.82, 2.24) is 29.8 Å². The number of carbonyl (C=O) groups excluding carboxylic acids is 9. The molecule has 0 fully saturated rings. The molecule has 6 N–H and O–H groups in total. The molecule has 39 heteroatoms. The summed E-state index contributed by atoms with van der Waals surface area (Å²) in [5, 5.41) is 39.7. The third-order valence-electron chi connectivity index (χ3n) is 16.8. The summed E-state index contributed by atoms with van der Waals surface area (Å²) in [6, 6.07) is 15.9. The van der Waals surface area contributed by atoms with Gasteiger partial charge in [0, 0.05) is 98.4 Å². The second-order valence-corrected chi connectivity index (χ2v) is 27.9. The van der Waals surface area contributed by atoms with Crippen LogP contribution in [0.15, 0.2) is 91.7 Å². The van der Waals surface area contributed by atoms with Gasteiger partial charge in [-0.05, 0) is 148 Å². The number of halogens is 3. The number of hydrogen-bond acceptors (Lipinski definition) is 31. The number of carbonyl (C=O) groups is 9. The van der Waals surface area contributed by atoms with Gasteiger partial charge in [0.25, 0.3) is 0 Å². The summed E-state index contributed by atoms with van der Waals surface area (Å²) < 4.78 is 27.6. The van der Waals surface area contributed by atoms with Crippen LogP contribution in [0.5, 0.6) is 0 Å². The van der Waals surface area contributed by atoms with Crippen molar-refractivity contribution in [2.75, 3.05) is 123 Å². The number of anilines is 7. The molecule has 6 aromatic rings. The Bertz CT molecular complexity index is 4400. The number of fused-ring (bicyclic) bond motifs is 3. The van der Waals surface area contributed by atoms with E-state index >= 15 is 0 Å². The van der Waals surface area contributed by atoms with Gasteiger partial charge in [0.15, 0.2) is 17.5 Å². The van der Waals surface area contributed by atoms with Crippen molar-refractivity contribution < 1.29 is 86.5 Å². The SMILES string of the molecule is C.CC(C)N1CC(=O)Nc2cc(CN3CC=C(c4ccc(Cl)cc4)CC3)cnc21.CC(C)N1CC(=O)Nc2cc(CO)cnc21.CCOC(=O)CCC(C)C.CCOC(=O)CN.CCOC(=O)CN(c1ncc(C(=O)OC)cc1[N+](=O)[O-])C(C)C.COC(=O)c1cnc(Cl)c([N+](=O)[O-])c1.COC(=O)c1cnc2c(c1)NC(=O)CN2C(C)C.Cl. The molecule has 0 saturated heterocycles. The van der Waals surface area contributed by atoms with E-state index in [-0.39, 0.29) is 134 Å². The van der Waals surface area contributed by atoms with E-state index in [9.17, 15) is 63.4 Å². The molecule has 118 heavy (non-hydrogen) atoms. The van der Waals surface area contributed by atoms with Gasteiger partial charge in [-0.3, -0.25) is 53.9 Å². The van der Waals surface area contributed by atoms with E-state index in [1.54, 1.807) is 46.0 Å². The van der Waals surface area contributed by atoms with Gasteiger partial charge in [0.2, 0.25) is 28.7 Å². The molecule has 0 radical (unpaired) electrons. The topological polar surface area (TPSA) is 458 Å². The van der Waals surface area contributed by atoms with Crippen LogP contribution in [0.4, 0.5) is 51.7 Å². The van der Waals surface area contributed by atoms with Gasteiger partial charge in [-0.25, -0.2) is 39.3 Å². The number of benzene rings is 1. The summed E-state index contributed by atoms with van der Waals surface area (Å²) in [6.45, 7) is 29.7. The Labute approximate surface area is 702 Å². The number of hydrogen-bond donors (Lipinski definition) is 5. The highest BCUT2D eigenvalue weighted by Gasteiger charge is 2.31. The summed E-state index contributed by atoms with van der Waals surface area (Å²) in [6.07, 6.45) is 12.1. The number of nitrogens with one attached hydrogen (secondary N) is 3. The highest BCUT2D eigenvalue weighted by molar-refractivity contribution is 6.31. The highest BCUT2D eigenvalue weighted by Crippen LogP contribution is 2.34. The maximum atomic E-state index is 12.0. The molecular weight excluding hydrogens is 1600 g/mol. The zero-order chi connectivity index (χ0) is 86.6. The zero-order valence-electron chi connectivity index (χ0n) is 68.5. The molecule has 646 valence electrons. The smallest absolute Gasteiger partial charge is 0.339 e. The maximum Gasteiger partial charge on any atom is 0.339 e. The second-order valence-electron chi connectivity index (χ2n) is 27.1. The van der Waals surface area contributed by atoms with Crippen molar-refractivity contribution in [1.29, 1.82) is 0 Å². The molecule has 4 aliphatic rings. The van der Waals surface area contributed by atoms with Gasteiger partial charge in [0.05, 0.1) is 118 Å². The fourth-order valence-corrected chi connectivity index (χ4v) is 11.2. The number of nitrogens with two attached hydrogens (primary N) is 1. The van der Waals surface area contributed by atoms with Gasteiger partial charge in [-0.15, -0.1) is 12.4 Å². The molecule has 0 atom stereocenters. The molecule has 0 saturated carbocycles.